The summed E-state index contributed by atoms with van der Waals surface area (Å²) in [4.78, 5) is 11.3. The molecule has 0 aliphatic carbocycles. The van der Waals surface area contributed by atoms with Crippen LogP contribution in [0.5, 0.6) is 0 Å². The molecule has 4 heteroatoms. The number of rotatable bonds is 3. The van der Waals surface area contributed by atoms with Crippen LogP contribution < -0.4 is 5.73 Å². The Morgan fingerprint density at radius 2 is 2.27 bits per heavy atom. The van der Waals surface area contributed by atoms with E-state index in [4.69, 9.17) is 22.1 Å². The van der Waals surface area contributed by atoms with E-state index in [0.29, 0.717) is 17.2 Å². The normalized spacial score (nSPS) is 12.3. The second kappa shape index (κ2) is 5.14. The number of ether oxygens (including phenoxy) is 1. The average Bonchev–Trinajstić information content (AvgIpc) is 2.21. The number of esters is 1. The van der Waals surface area contributed by atoms with Crippen LogP contribution in [0.3, 0.4) is 0 Å². The quantitative estimate of drug-likeness (QED) is 0.806. The van der Waals surface area contributed by atoms with Gasteiger partial charge in [0.2, 0.25) is 0 Å². The van der Waals surface area contributed by atoms with Crippen molar-refractivity contribution in [3.8, 4) is 0 Å². The Bertz CT molecular complexity index is 366. The largest absolute Gasteiger partial charge is 0.465 e. The van der Waals surface area contributed by atoms with E-state index in [9.17, 15) is 4.79 Å². The van der Waals surface area contributed by atoms with Crippen LogP contribution in [0.4, 0.5) is 0 Å². The lowest BCUT2D eigenvalue weighted by atomic mass is 10.1. The Labute approximate surface area is 94.2 Å². The van der Waals surface area contributed by atoms with E-state index in [1.165, 1.54) is 0 Å². The summed E-state index contributed by atoms with van der Waals surface area (Å²) in [6, 6.07) is 4.54. The Hall–Kier alpha value is -1.06. The van der Waals surface area contributed by atoms with Crippen molar-refractivity contribution in [2.24, 2.45) is 5.73 Å². The highest BCUT2D eigenvalue weighted by Crippen LogP contribution is 2.20. The molecule has 1 atom stereocenters. The monoisotopic (exact) mass is 227 g/mol. The first kappa shape index (κ1) is 12.0. The van der Waals surface area contributed by atoms with Crippen LogP contribution in [0.2, 0.25) is 5.02 Å². The smallest absolute Gasteiger partial charge is 0.327 e. The first-order chi connectivity index (χ1) is 7.06. The zero-order chi connectivity index (χ0) is 11.4. The number of halogens is 1. The van der Waals surface area contributed by atoms with Crippen molar-refractivity contribution in [1.29, 1.82) is 0 Å². The molecule has 1 rings (SSSR count). The molecule has 1 aromatic carbocycles. The van der Waals surface area contributed by atoms with Gasteiger partial charge in [0.25, 0.3) is 0 Å². The number of aryl methyl sites for hydroxylation is 1. The predicted molar refractivity (Wildman–Crippen MR) is 59.8 cm³/mol. The number of hydrogen-bond donors (Lipinski definition) is 1. The SMILES string of the molecule is CCOC(=O)C(N)c1ccc(C)c(Cl)c1. The van der Waals surface area contributed by atoms with Gasteiger partial charge in [-0.05, 0) is 31.0 Å². The van der Waals surface area contributed by atoms with E-state index in [1.807, 2.05) is 13.0 Å². The van der Waals surface area contributed by atoms with Crippen LogP contribution in [-0.2, 0) is 9.53 Å². The number of nitrogens with two attached hydrogens (primary N) is 1. The Kier molecular flexibility index (Phi) is 4.12. The first-order valence-corrected chi connectivity index (χ1v) is 5.12. The molecule has 0 bridgehead atoms. The van der Waals surface area contributed by atoms with Crippen LogP contribution in [0.15, 0.2) is 18.2 Å². The van der Waals surface area contributed by atoms with Gasteiger partial charge in [-0.2, -0.15) is 0 Å². The molecule has 3 nitrogen and oxygen atoms in total. The fraction of sp³-hybridized carbons (Fsp3) is 0.364. The molecule has 1 aromatic rings. The molecular weight excluding hydrogens is 214 g/mol. The van der Waals surface area contributed by atoms with E-state index in [1.54, 1.807) is 19.1 Å². The predicted octanol–water partition coefficient (Wildman–Crippen LogP) is 2.21. The Morgan fingerprint density at radius 3 is 2.80 bits per heavy atom. The van der Waals surface area contributed by atoms with Crippen LogP contribution in [0.25, 0.3) is 0 Å². The fourth-order valence-corrected chi connectivity index (χ4v) is 1.36. The molecule has 0 aromatic heterocycles. The van der Waals surface area contributed by atoms with Gasteiger partial charge in [0, 0.05) is 5.02 Å². The number of benzene rings is 1. The lowest BCUT2D eigenvalue weighted by Gasteiger charge is -2.11. The number of hydrogen-bond acceptors (Lipinski definition) is 3. The maximum atomic E-state index is 11.3. The van der Waals surface area contributed by atoms with Crippen molar-refractivity contribution >= 4 is 17.6 Å². The van der Waals surface area contributed by atoms with Crippen molar-refractivity contribution in [1.82, 2.24) is 0 Å². The lowest BCUT2D eigenvalue weighted by Crippen LogP contribution is -2.23. The van der Waals surface area contributed by atoms with E-state index in [2.05, 4.69) is 0 Å². The van der Waals surface area contributed by atoms with Crippen LogP contribution >= 0.6 is 11.6 Å². The molecule has 0 heterocycles. The Morgan fingerprint density at radius 1 is 1.60 bits per heavy atom. The molecule has 0 saturated heterocycles. The molecule has 82 valence electrons. The summed E-state index contributed by atoms with van der Waals surface area (Å²) in [7, 11) is 0. The third-order valence-electron chi connectivity index (χ3n) is 2.10. The van der Waals surface area contributed by atoms with Gasteiger partial charge in [0.1, 0.15) is 6.04 Å². The highest BCUT2D eigenvalue weighted by Gasteiger charge is 2.17. The van der Waals surface area contributed by atoms with Gasteiger partial charge in [-0.3, -0.25) is 0 Å². The van der Waals surface area contributed by atoms with E-state index >= 15 is 0 Å². The van der Waals surface area contributed by atoms with Crippen molar-refractivity contribution in [3.63, 3.8) is 0 Å². The molecule has 0 spiro atoms. The van der Waals surface area contributed by atoms with Crippen molar-refractivity contribution < 1.29 is 9.53 Å². The van der Waals surface area contributed by atoms with Crippen LogP contribution in [0, 0.1) is 6.92 Å². The Balaban J connectivity index is 2.86. The molecule has 0 aliphatic heterocycles. The lowest BCUT2D eigenvalue weighted by molar-refractivity contribution is -0.144. The summed E-state index contributed by atoms with van der Waals surface area (Å²) in [6.07, 6.45) is 0. The molecule has 0 amide bonds. The van der Waals surface area contributed by atoms with Crippen molar-refractivity contribution in [2.45, 2.75) is 19.9 Å². The molecule has 0 saturated carbocycles. The van der Waals surface area contributed by atoms with Gasteiger partial charge in [0.05, 0.1) is 6.61 Å². The van der Waals surface area contributed by atoms with E-state index in [-0.39, 0.29) is 0 Å². The third-order valence-corrected chi connectivity index (χ3v) is 2.50. The molecule has 0 aliphatic rings. The fourth-order valence-electron chi connectivity index (χ4n) is 1.17. The maximum Gasteiger partial charge on any atom is 0.327 e. The molecule has 0 radical (unpaired) electrons. The van der Waals surface area contributed by atoms with Gasteiger partial charge in [-0.25, -0.2) is 4.79 Å². The minimum absolute atomic E-state index is 0.326. The molecular formula is C11H14ClNO2. The van der Waals surface area contributed by atoms with Gasteiger partial charge in [0.15, 0.2) is 0 Å². The standard InChI is InChI=1S/C11H14ClNO2/c1-3-15-11(14)10(13)8-5-4-7(2)9(12)6-8/h4-6,10H,3,13H2,1-2H3. The van der Waals surface area contributed by atoms with Gasteiger partial charge in [-0.15, -0.1) is 0 Å². The van der Waals surface area contributed by atoms with E-state index in [0.717, 1.165) is 5.56 Å². The maximum absolute atomic E-state index is 11.3. The van der Waals surface area contributed by atoms with Crippen molar-refractivity contribution in [2.75, 3.05) is 6.61 Å². The topological polar surface area (TPSA) is 52.3 Å². The van der Waals surface area contributed by atoms with Gasteiger partial charge >= 0.3 is 5.97 Å². The zero-order valence-corrected chi connectivity index (χ0v) is 9.54. The van der Waals surface area contributed by atoms with E-state index < -0.39 is 12.0 Å². The summed E-state index contributed by atoms with van der Waals surface area (Å²) in [5, 5.41) is 0.604. The highest BCUT2D eigenvalue weighted by molar-refractivity contribution is 6.31. The summed E-state index contributed by atoms with van der Waals surface area (Å²) in [6.45, 7) is 3.96. The first-order valence-electron chi connectivity index (χ1n) is 4.74. The second-order valence-electron chi connectivity index (χ2n) is 3.24. The summed E-state index contributed by atoms with van der Waals surface area (Å²) in [5.41, 5.74) is 7.34. The zero-order valence-electron chi connectivity index (χ0n) is 8.79. The average molecular weight is 228 g/mol. The number of carbonyl (C=O) groups is 1. The summed E-state index contributed by atoms with van der Waals surface area (Å²) >= 11 is 5.93. The molecule has 2 N–H and O–H groups in total. The summed E-state index contributed by atoms with van der Waals surface area (Å²) < 4.78 is 4.82. The van der Waals surface area contributed by atoms with Crippen LogP contribution in [-0.4, -0.2) is 12.6 Å². The van der Waals surface area contributed by atoms with Gasteiger partial charge in [-0.1, -0.05) is 23.7 Å². The molecule has 1 unspecified atom stereocenters. The number of carbonyl (C=O) groups excluding carboxylic acids is 1. The molecule has 0 fully saturated rings. The highest BCUT2D eigenvalue weighted by atomic mass is 35.5. The van der Waals surface area contributed by atoms with Crippen molar-refractivity contribution in [3.05, 3.63) is 34.3 Å². The van der Waals surface area contributed by atoms with Gasteiger partial charge < -0.3 is 10.5 Å². The second-order valence-corrected chi connectivity index (χ2v) is 3.65. The van der Waals surface area contributed by atoms with Crippen LogP contribution in [0.1, 0.15) is 24.1 Å². The third kappa shape index (κ3) is 2.94. The minimum atomic E-state index is -0.761. The summed E-state index contributed by atoms with van der Waals surface area (Å²) in [5.74, 6) is -0.433. The minimum Gasteiger partial charge on any atom is -0.465 e. The molecule has 15 heavy (non-hydrogen) atoms.